The highest BCUT2D eigenvalue weighted by Crippen LogP contribution is 2.22. The summed E-state index contributed by atoms with van der Waals surface area (Å²) in [7, 11) is -3.66. The van der Waals surface area contributed by atoms with Gasteiger partial charge in [0.15, 0.2) is 0 Å². The molecule has 0 bridgehead atoms. The van der Waals surface area contributed by atoms with Crippen molar-refractivity contribution in [3.05, 3.63) is 75.7 Å². The first-order valence-corrected chi connectivity index (χ1v) is 12.8. The van der Waals surface area contributed by atoms with Gasteiger partial charge in [0.1, 0.15) is 10.6 Å². The highest BCUT2D eigenvalue weighted by atomic mass is 32.2. The summed E-state index contributed by atoms with van der Waals surface area (Å²) in [6.45, 7) is 4.44. The highest BCUT2D eigenvalue weighted by Gasteiger charge is 2.29. The quantitative estimate of drug-likeness (QED) is 0.544. The Morgan fingerprint density at radius 2 is 1.91 bits per heavy atom. The third kappa shape index (κ3) is 5.29. The summed E-state index contributed by atoms with van der Waals surface area (Å²) in [6.07, 6.45) is 2.12. The van der Waals surface area contributed by atoms with Gasteiger partial charge in [0, 0.05) is 35.6 Å². The highest BCUT2D eigenvalue weighted by molar-refractivity contribution is 7.89. The number of aryl methyl sites for hydroxylation is 1. The number of thiophene rings is 1. The molecule has 1 amide bonds. The van der Waals surface area contributed by atoms with E-state index in [1.807, 2.05) is 49.4 Å². The van der Waals surface area contributed by atoms with Crippen LogP contribution < -0.4 is 0 Å². The molecule has 0 unspecified atom stereocenters. The van der Waals surface area contributed by atoms with Crippen molar-refractivity contribution in [2.75, 3.05) is 32.8 Å². The van der Waals surface area contributed by atoms with E-state index >= 15 is 0 Å². The number of ether oxygens (including phenoxy) is 1. The summed E-state index contributed by atoms with van der Waals surface area (Å²) >= 11 is 1.66. The van der Waals surface area contributed by atoms with Crippen molar-refractivity contribution in [2.45, 2.75) is 24.8 Å². The van der Waals surface area contributed by atoms with Crippen LogP contribution in [-0.4, -0.2) is 61.4 Å². The van der Waals surface area contributed by atoms with Gasteiger partial charge in [-0.3, -0.25) is 4.79 Å². The minimum absolute atomic E-state index is 0.109. The topological polar surface area (TPSA) is 82.7 Å². The van der Waals surface area contributed by atoms with E-state index in [0.29, 0.717) is 39.4 Å². The maximum Gasteiger partial charge on any atom is 0.270 e. The van der Waals surface area contributed by atoms with E-state index in [9.17, 15) is 13.2 Å². The van der Waals surface area contributed by atoms with Crippen molar-refractivity contribution in [2.24, 2.45) is 0 Å². The van der Waals surface area contributed by atoms with Crippen LogP contribution in [0.4, 0.5) is 0 Å². The molecule has 170 valence electrons. The van der Waals surface area contributed by atoms with Gasteiger partial charge in [-0.25, -0.2) is 8.42 Å². The second-order valence-corrected chi connectivity index (χ2v) is 11.1. The number of morpholine rings is 1. The fraction of sp³-hybridized carbons (Fsp3) is 0.348. The molecule has 0 aliphatic carbocycles. The summed E-state index contributed by atoms with van der Waals surface area (Å²) in [4.78, 5) is 20.4. The van der Waals surface area contributed by atoms with E-state index in [2.05, 4.69) is 4.98 Å². The Morgan fingerprint density at radius 1 is 1.16 bits per heavy atom. The second kappa shape index (κ2) is 9.99. The zero-order valence-corrected chi connectivity index (χ0v) is 19.6. The van der Waals surface area contributed by atoms with Crippen LogP contribution >= 0.6 is 11.3 Å². The van der Waals surface area contributed by atoms with E-state index in [1.165, 1.54) is 21.4 Å². The fourth-order valence-electron chi connectivity index (χ4n) is 3.67. The van der Waals surface area contributed by atoms with Crippen LogP contribution in [0.2, 0.25) is 0 Å². The van der Waals surface area contributed by atoms with Crippen LogP contribution in [-0.2, 0) is 27.7 Å². The van der Waals surface area contributed by atoms with Crippen LogP contribution in [0.3, 0.4) is 0 Å². The summed E-state index contributed by atoms with van der Waals surface area (Å²) in [6, 6.07) is 15.5. The fourth-order valence-corrected chi connectivity index (χ4v) is 5.98. The molecule has 7 nitrogen and oxygen atoms in total. The Morgan fingerprint density at radius 3 is 2.59 bits per heavy atom. The first-order chi connectivity index (χ1) is 15.4. The van der Waals surface area contributed by atoms with Crippen LogP contribution in [0.25, 0.3) is 0 Å². The molecule has 1 aliphatic heterocycles. The normalized spacial score (nSPS) is 15.0. The van der Waals surface area contributed by atoms with Gasteiger partial charge < -0.3 is 14.6 Å². The van der Waals surface area contributed by atoms with Crippen molar-refractivity contribution >= 4 is 27.3 Å². The molecule has 32 heavy (non-hydrogen) atoms. The number of sulfonamides is 1. The number of nitrogens with zero attached hydrogens (tertiary/aromatic N) is 2. The molecule has 3 aromatic rings. The minimum atomic E-state index is -3.66. The van der Waals surface area contributed by atoms with Gasteiger partial charge in [0.25, 0.3) is 5.91 Å². The Labute approximate surface area is 192 Å². The van der Waals surface area contributed by atoms with Crippen molar-refractivity contribution in [1.29, 1.82) is 0 Å². The zero-order valence-electron chi connectivity index (χ0n) is 18.0. The zero-order chi connectivity index (χ0) is 22.6. The molecule has 1 aromatic carbocycles. The predicted octanol–water partition coefficient (Wildman–Crippen LogP) is 3.29. The number of carbonyl (C=O) groups excluding carboxylic acids is 1. The number of aromatic nitrogens is 1. The first kappa shape index (κ1) is 22.7. The van der Waals surface area contributed by atoms with Gasteiger partial charge in [-0.15, -0.1) is 11.3 Å². The lowest BCUT2D eigenvalue weighted by Gasteiger charge is -2.25. The average Bonchev–Trinajstić information content (AvgIpc) is 3.47. The molecular weight excluding hydrogens is 446 g/mol. The van der Waals surface area contributed by atoms with Gasteiger partial charge in [0.2, 0.25) is 10.0 Å². The molecule has 0 saturated carbocycles. The lowest BCUT2D eigenvalue weighted by atomic mass is 10.1. The first-order valence-electron chi connectivity index (χ1n) is 10.6. The standard InChI is InChI=1S/C23H27N3O4S2/c1-18-7-8-20(31-18)17-25(10-9-19-5-3-2-4-6-19)23(27)22-15-21(16-24-22)32(28,29)26-11-13-30-14-12-26/h2-8,15-16,24H,9-14,17H2,1H3. The monoisotopic (exact) mass is 473 g/mol. The molecule has 0 radical (unpaired) electrons. The molecule has 2 aromatic heterocycles. The van der Waals surface area contributed by atoms with Gasteiger partial charge in [-0.2, -0.15) is 4.31 Å². The largest absolute Gasteiger partial charge is 0.379 e. The van der Waals surface area contributed by atoms with E-state index < -0.39 is 10.0 Å². The van der Waals surface area contributed by atoms with E-state index in [-0.39, 0.29) is 16.5 Å². The van der Waals surface area contributed by atoms with Crippen molar-refractivity contribution in [3.63, 3.8) is 0 Å². The van der Waals surface area contributed by atoms with Gasteiger partial charge in [-0.05, 0) is 37.1 Å². The molecule has 1 fully saturated rings. The Hall–Kier alpha value is -2.46. The molecular formula is C23H27N3O4S2. The predicted molar refractivity (Wildman–Crippen MR) is 124 cm³/mol. The third-order valence-corrected chi connectivity index (χ3v) is 8.30. The average molecular weight is 474 g/mol. The number of nitrogens with one attached hydrogen (secondary N) is 1. The van der Waals surface area contributed by atoms with Crippen LogP contribution in [0.15, 0.2) is 59.6 Å². The molecule has 0 atom stereocenters. The number of H-pyrrole nitrogens is 1. The SMILES string of the molecule is Cc1ccc(CN(CCc2ccccc2)C(=O)c2cc(S(=O)(=O)N3CCOCC3)c[nH]2)s1. The summed E-state index contributed by atoms with van der Waals surface area (Å²) in [5.74, 6) is -0.213. The maximum absolute atomic E-state index is 13.4. The molecule has 0 spiro atoms. The minimum Gasteiger partial charge on any atom is -0.379 e. The summed E-state index contributed by atoms with van der Waals surface area (Å²) in [5, 5.41) is 0. The second-order valence-electron chi connectivity index (χ2n) is 7.74. The number of aromatic amines is 1. The lowest BCUT2D eigenvalue weighted by Crippen LogP contribution is -2.40. The number of rotatable bonds is 8. The van der Waals surface area contributed by atoms with Crippen LogP contribution in [0.1, 0.15) is 25.8 Å². The Balaban J connectivity index is 1.53. The molecule has 9 heteroatoms. The van der Waals surface area contributed by atoms with Crippen molar-refractivity contribution < 1.29 is 17.9 Å². The number of carbonyl (C=O) groups is 1. The number of hydrogen-bond donors (Lipinski definition) is 1. The van der Waals surface area contributed by atoms with E-state index in [4.69, 9.17) is 4.74 Å². The lowest BCUT2D eigenvalue weighted by molar-refractivity contribution is 0.0729. The molecule has 4 rings (SSSR count). The summed E-state index contributed by atoms with van der Waals surface area (Å²) in [5.41, 5.74) is 1.42. The third-order valence-electron chi connectivity index (χ3n) is 5.44. The molecule has 1 aliphatic rings. The van der Waals surface area contributed by atoms with Crippen LogP contribution in [0, 0.1) is 6.92 Å². The van der Waals surface area contributed by atoms with Crippen molar-refractivity contribution in [3.8, 4) is 0 Å². The molecule has 3 heterocycles. The molecule has 1 saturated heterocycles. The van der Waals surface area contributed by atoms with E-state index in [0.717, 1.165) is 16.9 Å². The Bertz CT molecular complexity index is 1150. The number of benzene rings is 1. The number of amides is 1. The smallest absolute Gasteiger partial charge is 0.270 e. The van der Waals surface area contributed by atoms with Crippen molar-refractivity contribution in [1.82, 2.24) is 14.2 Å². The van der Waals surface area contributed by atoms with Gasteiger partial charge in [0.05, 0.1) is 19.8 Å². The number of hydrogen-bond acceptors (Lipinski definition) is 5. The van der Waals surface area contributed by atoms with Crippen LogP contribution in [0.5, 0.6) is 0 Å². The van der Waals surface area contributed by atoms with Gasteiger partial charge >= 0.3 is 0 Å². The van der Waals surface area contributed by atoms with E-state index in [1.54, 1.807) is 16.2 Å². The maximum atomic E-state index is 13.4. The molecule has 1 N–H and O–H groups in total. The Kier molecular flexibility index (Phi) is 7.10. The van der Waals surface area contributed by atoms with Gasteiger partial charge in [-0.1, -0.05) is 30.3 Å². The summed E-state index contributed by atoms with van der Waals surface area (Å²) < 4.78 is 32.5.